The van der Waals surface area contributed by atoms with E-state index in [-0.39, 0.29) is 5.56 Å². The number of carbonyl (C=O) groups is 1. The van der Waals surface area contributed by atoms with E-state index in [1.165, 1.54) is 6.07 Å². The molecule has 1 fully saturated rings. The highest BCUT2D eigenvalue weighted by Gasteiger charge is 2.20. The van der Waals surface area contributed by atoms with Crippen molar-refractivity contribution in [3.05, 3.63) is 40.4 Å². The summed E-state index contributed by atoms with van der Waals surface area (Å²) in [6, 6.07) is 4.88. The Labute approximate surface area is 131 Å². The molecular formula is C14H14ClN3O2S. The van der Waals surface area contributed by atoms with E-state index in [9.17, 15) is 4.79 Å². The summed E-state index contributed by atoms with van der Waals surface area (Å²) >= 11 is 7.85. The van der Waals surface area contributed by atoms with E-state index < -0.39 is 5.97 Å². The van der Waals surface area contributed by atoms with E-state index >= 15 is 0 Å². The molecule has 5 nitrogen and oxygen atoms in total. The number of nitrogens with zero attached hydrogens (tertiary/aromatic N) is 3. The summed E-state index contributed by atoms with van der Waals surface area (Å²) in [5.41, 5.74) is 1.10. The van der Waals surface area contributed by atoms with E-state index in [1.807, 2.05) is 11.6 Å². The third-order valence-corrected chi connectivity index (χ3v) is 4.64. The molecule has 0 aliphatic carbocycles. The normalized spacial score (nSPS) is 15.3. The van der Waals surface area contributed by atoms with Crippen LogP contribution in [0.15, 0.2) is 29.8 Å². The van der Waals surface area contributed by atoms with E-state index in [0.29, 0.717) is 5.02 Å². The minimum atomic E-state index is -0.961. The van der Waals surface area contributed by atoms with Crippen LogP contribution in [-0.2, 0) is 0 Å². The summed E-state index contributed by atoms with van der Waals surface area (Å²) in [6.45, 7) is 3.44. The first-order chi connectivity index (χ1) is 10.1. The molecule has 7 heteroatoms. The molecule has 110 valence electrons. The molecule has 1 aromatic heterocycles. The molecule has 2 heterocycles. The summed E-state index contributed by atoms with van der Waals surface area (Å²) in [7, 11) is 0. The lowest BCUT2D eigenvalue weighted by Crippen LogP contribution is -2.46. The van der Waals surface area contributed by atoms with Gasteiger partial charge in [0.15, 0.2) is 5.13 Å². The second kappa shape index (κ2) is 5.91. The van der Waals surface area contributed by atoms with E-state index in [1.54, 1.807) is 23.5 Å². The van der Waals surface area contributed by atoms with Gasteiger partial charge in [-0.15, -0.1) is 11.3 Å². The maximum Gasteiger partial charge on any atom is 0.335 e. The number of carboxylic acid groups (broad SMARTS) is 1. The Morgan fingerprint density at radius 2 is 1.95 bits per heavy atom. The predicted octanol–water partition coefficient (Wildman–Crippen LogP) is 2.82. The van der Waals surface area contributed by atoms with Crippen LogP contribution in [0.2, 0.25) is 5.02 Å². The first-order valence-corrected chi connectivity index (χ1v) is 7.83. The number of anilines is 2. The number of carboxylic acids is 1. The number of rotatable bonds is 3. The van der Waals surface area contributed by atoms with Gasteiger partial charge in [-0.05, 0) is 18.2 Å². The van der Waals surface area contributed by atoms with Gasteiger partial charge in [0.25, 0.3) is 0 Å². The van der Waals surface area contributed by atoms with Crippen LogP contribution in [0.1, 0.15) is 10.4 Å². The Morgan fingerprint density at radius 3 is 2.52 bits per heavy atom. The number of hydrogen-bond acceptors (Lipinski definition) is 5. The highest BCUT2D eigenvalue weighted by Crippen LogP contribution is 2.29. The van der Waals surface area contributed by atoms with Crippen molar-refractivity contribution in [1.82, 2.24) is 4.98 Å². The summed E-state index contributed by atoms with van der Waals surface area (Å²) in [5, 5.41) is 12.5. The van der Waals surface area contributed by atoms with Gasteiger partial charge in [-0.1, -0.05) is 11.6 Å². The molecule has 0 radical (unpaired) electrons. The molecule has 1 aliphatic heterocycles. The molecule has 0 spiro atoms. The van der Waals surface area contributed by atoms with E-state index in [0.717, 1.165) is 37.0 Å². The van der Waals surface area contributed by atoms with Crippen molar-refractivity contribution in [2.45, 2.75) is 0 Å². The lowest BCUT2D eigenvalue weighted by atomic mass is 10.2. The number of benzene rings is 1. The van der Waals surface area contributed by atoms with Crippen LogP contribution in [0, 0.1) is 0 Å². The third-order valence-electron chi connectivity index (χ3n) is 3.50. The van der Waals surface area contributed by atoms with Crippen LogP contribution >= 0.6 is 22.9 Å². The summed E-state index contributed by atoms with van der Waals surface area (Å²) in [5.74, 6) is -0.961. The third kappa shape index (κ3) is 2.96. The smallest absolute Gasteiger partial charge is 0.335 e. The molecule has 0 atom stereocenters. The average Bonchev–Trinajstić information content (AvgIpc) is 3.01. The SMILES string of the molecule is O=C(O)c1ccc(N2CCN(c3nccs3)CC2)c(Cl)c1. The maximum absolute atomic E-state index is 10.9. The highest BCUT2D eigenvalue weighted by atomic mass is 35.5. The summed E-state index contributed by atoms with van der Waals surface area (Å²) in [6.07, 6.45) is 1.81. The van der Waals surface area contributed by atoms with Gasteiger partial charge < -0.3 is 14.9 Å². The lowest BCUT2D eigenvalue weighted by Gasteiger charge is -2.36. The average molecular weight is 324 g/mol. The Bertz CT molecular complexity index is 640. The van der Waals surface area contributed by atoms with Crippen molar-refractivity contribution in [2.75, 3.05) is 36.0 Å². The van der Waals surface area contributed by atoms with Crippen LogP contribution in [0.25, 0.3) is 0 Å². The van der Waals surface area contributed by atoms with Gasteiger partial charge in [0.05, 0.1) is 16.3 Å². The number of hydrogen-bond donors (Lipinski definition) is 1. The van der Waals surface area contributed by atoms with Crippen LogP contribution < -0.4 is 9.80 Å². The molecule has 1 saturated heterocycles. The standard InChI is InChI=1S/C14H14ClN3O2S/c15-11-9-10(13(19)20)1-2-12(11)17-4-6-18(7-5-17)14-16-3-8-21-14/h1-3,8-9H,4-7H2,(H,19,20). The Hall–Kier alpha value is -1.79. The zero-order chi connectivity index (χ0) is 14.8. The van der Waals surface area contributed by atoms with Gasteiger partial charge in [0.1, 0.15) is 0 Å². The minimum Gasteiger partial charge on any atom is -0.478 e. The highest BCUT2D eigenvalue weighted by molar-refractivity contribution is 7.13. The number of thiazole rings is 1. The van der Waals surface area contributed by atoms with Gasteiger partial charge in [-0.3, -0.25) is 0 Å². The van der Waals surface area contributed by atoms with Gasteiger partial charge in [-0.2, -0.15) is 0 Å². The fraction of sp³-hybridized carbons (Fsp3) is 0.286. The van der Waals surface area contributed by atoms with Crippen molar-refractivity contribution in [1.29, 1.82) is 0 Å². The fourth-order valence-electron chi connectivity index (χ4n) is 2.41. The summed E-state index contributed by atoms with van der Waals surface area (Å²) in [4.78, 5) is 19.7. The second-order valence-corrected chi connectivity index (χ2v) is 6.04. The fourth-order valence-corrected chi connectivity index (χ4v) is 3.40. The Balaban J connectivity index is 1.71. The number of aromatic carboxylic acids is 1. The second-order valence-electron chi connectivity index (χ2n) is 4.76. The van der Waals surface area contributed by atoms with Crippen LogP contribution in [0.3, 0.4) is 0 Å². The Kier molecular flexibility index (Phi) is 3.98. The van der Waals surface area contributed by atoms with Crippen LogP contribution in [0.4, 0.5) is 10.8 Å². The molecule has 1 N–H and O–H groups in total. The van der Waals surface area contributed by atoms with Crippen molar-refractivity contribution in [2.24, 2.45) is 0 Å². The van der Waals surface area contributed by atoms with Crippen LogP contribution in [0.5, 0.6) is 0 Å². The number of piperazine rings is 1. The van der Waals surface area contributed by atoms with Gasteiger partial charge in [0, 0.05) is 37.8 Å². The number of halogens is 1. The lowest BCUT2D eigenvalue weighted by molar-refractivity contribution is 0.0697. The zero-order valence-corrected chi connectivity index (χ0v) is 12.8. The molecule has 0 saturated carbocycles. The van der Waals surface area contributed by atoms with Crippen LogP contribution in [-0.4, -0.2) is 42.2 Å². The zero-order valence-electron chi connectivity index (χ0n) is 11.2. The quantitative estimate of drug-likeness (QED) is 0.941. The topological polar surface area (TPSA) is 56.7 Å². The Morgan fingerprint density at radius 1 is 1.24 bits per heavy atom. The molecule has 21 heavy (non-hydrogen) atoms. The first kappa shape index (κ1) is 14.2. The largest absolute Gasteiger partial charge is 0.478 e. The molecule has 0 bridgehead atoms. The van der Waals surface area contributed by atoms with Crippen molar-refractivity contribution < 1.29 is 9.90 Å². The van der Waals surface area contributed by atoms with E-state index in [2.05, 4.69) is 14.8 Å². The summed E-state index contributed by atoms with van der Waals surface area (Å²) < 4.78 is 0. The van der Waals surface area contributed by atoms with Gasteiger partial charge in [-0.25, -0.2) is 9.78 Å². The van der Waals surface area contributed by atoms with Gasteiger partial charge >= 0.3 is 5.97 Å². The molecule has 0 unspecified atom stereocenters. The van der Waals surface area contributed by atoms with Gasteiger partial charge in [0.2, 0.25) is 0 Å². The first-order valence-electron chi connectivity index (χ1n) is 6.57. The van der Waals surface area contributed by atoms with E-state index in [4.69, 9.17) is 16.7 Å². The minimum absolute atomic E-state index is 0.213. The van der Waals surface area contributed by atoms with Crippen molar-refractivity contribution in [3.63, 3.8) is 0 Å². The molecule has 2 aromatic rings. The molecule has 0 amide bonds. The van der Waals surface area contributed by atoms with Crippen molar-refractivity contribution >= 4 is 39.7 Å². The molecule has 1 aromatic carbocycles. The van der Waals surface area contributed by atoms with Crippen molar-refractivity contribution in [3.8, 4) is 0 Å². The molecular weight excluding hydrogens is 310 g/mol. The number of aromatic nitrogens is 1. The maximum atomic E-state index is 10.9. The molecule has 1 aliphatic rings. The molecule has 3 rings (SSSR count). The predicted molar refractivity (Wildman–Crippen MR) is 85.0 cm³/mol. The monoisotopic (exact) mass is 323 g/mol.